The third-order valence-corrected chi connectivity index (χ3v) is 9.38. The summed E-state index contributed by atoms with van der Waals surface area (Å²) in [5, 5.41) is 5.64. The minimum atomic E-state index is -2.96. The van der Waals surface area contributed by atoms with Crippen LogP contribution < -0.4 is 5.32 Å². The lowest BCUT2D eigenvalue weighted by Crippen LogP contribution is -2.14. The van der Waals surface area contributed by atoms with E-state index in [9.17, 15) is 13.2 Å². The zero-order chi connectivity index (χ0) is 20.7. The highest BCUT2D eigenvalue weighted by Gasteiger charge is 2.29. The van der Waals surface area contributed by atoms with Gasteiger partial charge in [-0.05, 0) is 30.0 Å². The van der Waals surface area contributed by atoms with Crippen LogP contribution in [0.1, 0.15) is 16.8 Å². The molecule has 1 aliphatic heterocycles. The number of sulfone groups is 1. The standard InChI is InChI=1S/C22H18N2O3S3/c25-21(17-7-3-4-8-18(17)28-15-11-12-30(26,27)13-15)24-22-23-20-16-6-2-1-5-14(16)9-10-19(20)29-22/h1-10,15H,11-13H2,(H,23,24,25)/t15-/m1/s1. The van der Waals surface area contributed by atoms with Crippen molar-refractivity contribution in [1.29, 1.82) is 0 Å². The van der Waals surface area contributed by atoms with Crippen molar-refractivity contribution >= 4 is 65.0 Å². The van der Waals surface area contributed by atoms with Gasteiger partial charge in [0.25, 0.3) is 5.91 Å². The van der Waals surface area contributed by atoms with E-state index in [1.54, 1.807) is 6.07 Å². The Balaban J connectivity index is 1.41. The number of nitrogens with one attached hydrogen (secondary N) is 1. The number of thioether (sulfide) groups is 1. The van der Waals surface area contributed by atoms with Gasteiger partial charge in [0.15, 0.2) is 15.0 Å². The van der Waals surface area contributed by atoms with Crippen LogP contribution >= 0.6 is 23.1 Å². The van der Waals surface area contributed by atoms with Crippen molar-refractivity contribution in [2.45, 2.75) is 16.6 Å². The van der Waals surface area contributed by atoms with Crippen LogP contribution in [0.25, 0.3) is 21.0 Å². The first-order chi connectivity index (χ1) is 14.5. The minimum absolute atomic E-state index is 0.0160. The SMILES string of the molecule is O=C(Nc1nc2c(ccc3ccccc32)s1)c1ccccc1S[C@@H]1CCS(=O)(=O)C1. The topological polar surface area (TPSA) is 76.1 Å². The first-order valence-corrected chi connectivity index (χ1v) is 13.1. The van der Waals surface area contributed by atoms with Gasteiger partial charge in [0.1, 0.15) is 0 Å². The van der Waals surface area contributed by atoms with Gasteiger partial charge < -0.3 is 0 Å². The highest BCUT2D eigenvalue weighted by molar-refractivity contribution is 8.02. The summed E-state index contributed by atoms with van der Waals surface area (Å²) < 4.78 is 24.6. The van der Waals surface area contributed by atoms with Crippen molar-refractivity contribution in [1.82, 2.24) is 4.98 Å². The van der Waals surface area contributed by atoms with Gasteiger partial charge in [-0.15, -0.1) is 11.8 Å². The number of carbonyl (C=O) groups excluding carboxylic acids is 1. The van der Waals surface area contributed by atoms with E-state index < -0.39 is 9.84 Å². The zero-order valence-corrected chi connectivity index (χ0v) is 18.3. The Hall–Kier alpha value is -2.42. The number of rotatable bonds is 4. The molecule has 1 saturated heterocycles. The van der Waals surface area contributed by atoms with Gasteiger partial charge in [-0.3, -0.25) is 10.1 Å². The van der Waals surface area contributed by atoms with Crippen molar-refractivity contribution in [3.63, 3.8) is 0 Å². The molecule has 5 nitrogen and oxygen atoms in total. The smallest absolute Gasteiger partial charge is 0.258 e. The number of thiazole rings is 1. The number of hydrogen-bond donors (Lipinski definition) is 1. The Kier molecular flexibility index (Phi) is 5.00. The molecule has 3 aromatic carbocycles. The molecule has 0 unspecified atom stereocenters. The Morgan fingerprint density at radius 1 is 1.07 bits per heavy atom. The molecule has 1 N–H and O–H groups in total. The van der Waals surface area contributed by atoms with Crippen LogP contribution in [0.5, 0.6) is 0 Å². The van der Waals surface area contributed by atoms with Gasteiger partial charge in [0, 0.05) is 15.5 Å². The predicted molar refractivity (Wildman–Crippen MR) is 124 cm³/mol. The van der Waals surface area contributed by atoms with Crippen molar-refractivity contribution in [2.24, 2.45) is 0 Å². The van der Waals surface area contributed by atoms with E-state index in [1.807, 2.05) is 48.5 Å². The lowest BCUT2D eigenvalue weighted by Gasteiger charge is -2.11. The number of amides is 1. The number of aromatic nitrogens is 1. The van der Waals surface area contributed by atoms with Crippen molar-refractivity contribution in [3.05, 3.63) is 66.2 Å². The Bertz CT molecular complexity index is 1380. The molecule has 2 heterocycles. The Labute approximate surface area is 182 Å². The maximum atomic E-state index is 13.0. The molecular formula is C22H18N2O3S3. The number of carbonyl (C=O) groups is 1. The fourth-order valence-electron chi connectivity index (χ4n) is 3.67. The van der Waals surface area contributed by atoms with Gasteiger partial charge in [-0.2, -0.15) is 0 Å². The second kappa shape index (κ2) is 7.68. The normalized spacial score (nSPS) is 18.1. The van der Waals surface area contributed by atoms with Crippen LogP contribution in [0.4, 0.5) is 5.13 Å². The van der Waals surface area contributed by atoms with Crippen molar-refractivity contribution in [3.8, 4) is 0 Å². The van der Waals surface area contributed by atoms with Gasteiger partial charge in [-0.25, -0.2) is 13.4 Å². The molecule has 1 amide bonds. The molecular weight excluding hydrogens is 436 g/mol. The van der Waals surface area contributed by atoms with Crippen LogP contribution in [-0.2, 0) is 9.84 Å². The molecule has 0 bridgehead atoms. The van der Waals surface area contributed by atoms with Gasteiger partial charge in [0.05, 0.1) is 27.3 Å². The Morgan fingerprint density at radius 2 is 1.87 bits per heavy atom. The molecule has 1 atom stereocenters. The maximum Gasteiger partial charge on any atom is 0.258 e. The summed E-state index contributed by atoms with van der Waals surface area (Å²) in [7, 11) is -2.96. The molecule has 0 saturated carbocycles. The van der Waals surface area contributed by atoms with Crippen LogP contribution in [0, 0.1) is 0 Å². The van der Waals surface area contributed by atoms with Crippen molar-refractivity contribution < 1.29 is 13.2 Å². The molecule has 0 aliphatic carbocycles. The average Bonchev–Trinajstić information content (AvgIpc) is 3.30. The fraction of sp³-hybridized carbons (Fsp3) is 0.182. The van der Waals surface area contributed by atoms with E-state index in [4.69, 9.17) is 0 Å². The number of hydrogen-bond acceptors (Lipinski definition) is 6. The lowest BCUT2D eigenvalue weighted by atomic mass is 10.1. The summed E-state index contributed by atoms with van der Waals surface area (Å²) in [5.41, 5.74) is 1.42. The molecule has 152 valence electrons. The predicted octanol–water partition coefficient (Wildman–Crippen LogP) is 4.98. The van der Waals surface area contributed by atoms with Crippen LogP contribution in [0.3, 0.4) is 0 Å². The molecule has 0 spiro atoms. The molecule has 1 aromatic heterocycles. The van der Waals surface area contributed by atoms with Crippen LogP contribution in [0.15, 0.2) is 65.6 Å². The van der Waals surface area contributed by atoms with E-state index >= 15 is 0 Å². The van der Waals surface area contributed by atoms with Gasteiger partial charge in [-0.1, -0.05) is 53.8 Å². The Morgan fingerprint density at radius 3 is 2.70 bits per heavy atom. The molecule has 0 radical (unpaired) electrons. The van der Waals surface area contributed by atoms with E-state index in [1.165, 1.54) is 23.1 Å². The monoisotopic (exact) mass is 454 g/mol. The molecule has 5 rings (SSSR count). The largest absolute Gasteiger partial charge is 0.298 e. The maximum absolute atomic E-state index is 13.0. The average molecular weight is 455 g/mol. The lowest BCUT2D eigenvalue weighted by molar-refractivity contribution is 0.102. The molecule has 4 aromatic rings. The summed E-state index contributed by atoms with van der Waals surface area (Å²) in [5.74, 6) is 0.152. The number of benzene rings is 3. The summed E-state index contributed by atoms with van der Waals surface area (Å²) in [6.07, 6.45) is 0.619. The third kappa shape index (κ3) is 3.82. The molecule has 1 aliphatic rings. The minimum Gasteiger partial charge on any atom is -0.298 e. The first kappa shape index (κ1) is 19.5. The summed E-state index contributed by atoms with van der Waals surface area (Å²) >= 11 is 2.91. The van der Waals surface area contributed by atoms with Crippen LogP contribution in [-0.4, -0.2) is 36.1 Å². The zero-order valence-electron chi connectivity index (χ0n) is 15.9. The second-order valence-corrected chi connectivity index (χ2v) is 11.8. The van der Waals surface area contributed by atoms with Gasteiger partial charge >= 0.3 is 0 Å². The number of nitrogens with zero attached hydrogens (tertiary/aromatic N) is 1. The molecule has 30 heavy (non-hydrogen) atoms. The van der Waals surface area contributed by atoms with E-state index in [0.29, 0.717) is 17.1 Å². The highest BCUT2D eigenvalue weighted by atomic mass is 32.2. The summed E-state index contributed by atoms with van der Waals surface area (Å²) in [6.45, 7) is 0. The number of anilines is 1. The highest BCUT2D eigenvalue weighted by Crippen LogP contribution is 2.35. The van der Waals surface area contributed by atoms with E-state index in [0.717, 1.165) is 25.9 Å². The summed E-state index contributed by atoms with van der Waals surface area (Å²) in [6, 6.07) is 19.5. The third-order valence-electron chi connectivity index (χ3n) is 5.12. The van der Waals surface area contributed by atoms with Crippen LogP contribution in [0.2, 0.25) is 0 Å². The first-order valence-electron chi connectivity index (χ1n) is 9.54. The van der Waals surface area contributed by atoms with Crippen molar-refractivity contribution in [2.75, 3.05) is 16.8 Å². The quantitative estimate of drug-likeness (QED) is 0.471. The van der Waals surface area contributed by atoms with Gasteiger partial charge in [0.2, 0.25) is 0 Å². The summed E-state index contributed by atoms with van der Waals surface area (Å²) in [4.78, 5) is 18.5. The van der Waals surface area contributed by atoms with E-state index in [2.05, 4.69) is 16.4 Å². The second-order valence-electron chi connectivity index (χ2n) is 7.25. The fourth-order valence-corrected chi connectivity index (χ4v) is 8.17. The van der Waals surface area contributed by atoms with E-state index in [-0.39, 0.29) is 22.7 Å². The molecule has 1 fully saturated rings. The molecule has 8 heteroatoms. The number of fused-ring (bicyclic) bond motifs is 3.